The number of anilines is 1. The standard InChI is InChI=1S/C22H23ClN6O6S/c1-3-28-20(18(11-30)25-21(32)13-4-7-15(35-2)8-5-13)26-27-22(28)36-12-19(31)24-17-10-14(29(33)34)6-9-16(17)23/h4-10,18,30H,3,11-12H2,1-2H3,(H,24,31)(H,25,32)/t18-/m1/s1. The second-order valence-corrected chi connectivity index (χ2v) is 8.63. The predicted molar refractivity (Wildman–Crippen MR) is 133 cm³/mol. The minimum absolute atomic E-state index is 0.0842. The number of nitro benzene ring substituents is 1. The Labute approximate surface area is 215 Å². The van der Waals surface area contributed by atoms with E-state index in [2.05, 4.69) is 20.8 Å². The van der Waals surface area contributed by atoms with Crippen LogP contribution in [0.2, 0.25) is 5.02 Å². The van der Waals surface area contributed by atoms with Gasteiger partial charge in [0.25, 0.3) is 11.6 Å². The van der Waals surface area contributed by atoms with Gasteiger partial charge in [-0.05, 0) is 37.3 Å². The highest BCUT2D eigenvalue weighted by atomic mass is 35.5. The number of aliphatic hydroxyl groups is 1. The fraction of sp³-hybridized carbons (Fsp3) is 0.273. The van der Waals surface area contributed by atoms with Crippen LogP contribution in [0.25, 0.3) is 0 Å². The third-order valence-corrected chi connectivity index (χ3v) is 6.28. The monoisotopic (exact) mass is 534 g/mol. The number of nitrogens with one attached hydrogen (secondary N) is 2. The van der Waals surface area contributed by atoms with Crippen LogP contribution in [-0.4, -0.2) is 56.1 Å². The van der Waals surface area contributed by atoms with Crippen molar-refractivity contribution in [2.75, 3.05) is 24.8 Å². The molecule has 190 valence electrons. The molecule has 14 heteroatoms. The van der Waals surface area contributed by atoms with Gasteiger partial charge in [0, 0.05) is 24.2 Å². The van der Waals surface area contributed by atoms with Crippen molar-refractivity contribution in [3.63, 3.8) is 0 Å². The molecule has 1 aromatic heterocycles. The first-order valence-corrected chi connectivity index (χ1v) is 12.0. The third-order valence-electron chi connectivity index (χ3n) is 4.98. The van der Waals surface area contributed by atoms with Crippen LogP contribution in [0.5, 0.6) is 5.75 Å². The average Bonchev–Trinajstić information content (AvgIpc) is 3.29. The lowest BCUT2D eigenvalue weighted by atomic mass is 10.2. The Morgan fingerprint density at radius 1 is 1.25 bits per heavy atom. The molecule has 0 saturated carbocycles. The van der Waals surface area contributed by atoms with E-state index in [1.165, 1.54) is 25.3 Å². The van der Waals surface area contributed by atoms with E-state index in [9.17, 15) is 24.8 Å². The molecule has 0 aliphatic carbocycles. The number of ether oxygens (including phenoxy) is 1. The molecule has 3 aromatic rings. The van der Waals surface area contributed by atoms with Gasteiger partial charge in [0.15, 0.2) is 11.0 Å². The highest BCUT2D eigenvalue weighted by Gasteiger charge is 2.23. The van der Waals surface area contributed by atoms with Gasteiger partial charge in [-0.1, -0.05) is 23.4 Å². The summed E-state index contributed by atoms with van der Waals surface area (Å²) in [5.74, 6) is -0.0223. The summed E-state index contributed by atoms with van der Waals surface area (Å²) < 4.78 is 6.76. The molecule has 2 amide bonds. The van der Waals surface area contributed by atoms with Crippen LogP contribution < -0.4 is 15.4 Å². The van der Waals surface area contributed by atoms with E-state index in [1.807, 2.05) is 6.92 Å². The van der Waals surface area contributed by atoms with E-state index in [0.29, 0.717) is 28.8 Å². The van der Waals surface area contributed by atoms with E-state index in [0.717, 1.165) is 11.8 Å². The molecule has 0 aliphatic rings. The smallest absolute Gasteiger partial charge is 0.271 e. The molecular weight excluding hydrogens is 512 g/mol. The largest absolute Gasteiger partial charge is 0.497 e. The van der Waals surface area contributed by atoms with Gasteiger partial charge in [-0.25, -0.2) is 0 Å². The van der Waals surface area contributed by atoms with Crippen LogP contribution in [0.1, 0.15) is 29.1 Å². The number of rotatable bonds is 11. The minimum Gasteiger partial charge on any atom is -0.497 e. The van der Waals surface area contributed by atoms with Crippen molar-refractivity contribution in [1.82, 2.24) is 20.1 Å². The fourth-order valence-electron chi connectivity index (χ4n) is 3.18. The molecule has 2 aromatic carbocycles. The SMILES string of the molecule is CCn1c(SCC(=O)Nc2cc([N+](=O)[O-])ccc2Cl)nnc1[C@@H](CO)NC(=O)c1ccc(OC)cc1. The molecule has 0 fully saturated rings. The number of carbonyl (C=O) groups is 2. The number of aromatic nitrogens is 3. The van der Waals surface area contributed by atoms with Crippen LogP contribution in [0.3, 0.4) is 0 Å². The Morgan fingerprint density at radius 3 is 2.58 bits per heavy atom. The van der Waals surface area contributed by atoms with E-state index in [-0.39, 0.29) is 22.2 Å². The molecule has 3 rings (SSSR count). The van der Waals surface area contributed by atoms with Crippen molar-refractivity contribution in [2.24, 2.45) is 0 Å². The maximum absolute atomic E-state index is 12.6. The third kappa shape index (κ3) is 6.50. The minimum atomic E-state index is -0.834. The summed E-state index contributed by atoms with van der Waals surface area (Å²) in [4.78, 5) is 35.5. The Hall–Kier alpha value is -3.68. The number of methoxy groups -OCH3 is 1. The lowest BCUT2D eigenvalue weighted by Gasteiger charge is -2.17. The molecule has 3 N–H and O–H groups in total. The number of halogens is 1. The van der Waals surface area contributed by atoms with Crippen molar-refractivity contribution in [3.05, 3.63) is 69.0 Å². The maximum atomic E-state index is 12.6. The second-order valence-electron chi connectivity index (χ2n) is 7.28. The van der Waals surface area contributed by atoms with Crippen molar-refractivity contribution >= 4 is 46.6 Å². The highest BCUT2D eigenvalue weighted by molar-refractivity contribution is 7.99. The van der Waals surface area contributed by atoms with Gasteiger partial charge in [0.2, 0.25) is 5.91 Å². The van der Waals surface area contributed by atoms with Gasteiger partial charge >= 0.3 is 0 Å². The Morgan fingerprint density at radius 2 is 1.97 bits per heavy atom. The molecule has 0 radical (unpaired) electrons. The zero-order valence-corrected chi connectivity index (χ0v) is 20.9. The number of amides is 2. The number of nitro groups is 1. The molecule has 1 heterocycles. The van der Waals surface area contributed by atoms with Gasteiger partial charge in [-0.2, -0.15) is 0 Å². The molecular formula is C22H23ClN6O6S. The van der Waals surface area contributed by atoms with Crippen molar-refractivity contribution in [3.8, 4) is 5.75 Å². The molecule has 12 nitrogen and oxygen atoms in total. The summed E-state index contributed by atoms with van der Waals surface area (Å²) in [7, 11) is 1.52. The van der Waals surface area contributed by atoms with E-state index >= 15 is 0 Å². The normalized spacial score (nSPS) is 11.6. The topological polar surface area (TPSA) is 162 Å². The number of thioether (sulfide) groups is 1. The van der Waals surface area contributed by atoms with Gasteiger partial charge in [0.05, 0.1) is 35.1 Å². The summed E-state index contributed by atoms with van der Waals surface area (Å²) in [6.45, 7) is 1.83. The van der Waals surface area contributed by atoms with Gasteiger partial charge in [-0.15, -0.1) is 10.2 Å². The lowest BCUT2D eigenvalue weighted by molar-refractivity contribution is -0.384. The first-order valence-electron chi connectivity index (χ1n) is 10.6. The lowest BCUT2D eigenvalue weighted by Crippen LogP contribution is -2.32. The van der Waals surface area contributed by atoms with Crippen molar-refractivity contribution in [2.45, 2.75) is 24.7 Å². The maximum Gasteiger partial charge on any atom is 0.271 e. The molecule has 0 aliphatic heterocycles. The molecule has 0 spiro atoms. The number of hydrogen-bond donors (Lipinski definition) is 3. The van der Waals surface area contributed by atoms with Crippen LogP contribution in [0.15, 0.2) is 47.6 Å². The van der Waals surface area contributed by atoms with Gasteiger partial charge in [-0.3, -0.25) is 19.7 Å². The molecule has 1 atom stereocenters. The molecule has 36 heavy (non-hydrogen) atoms. The summed E-state index contributed by atoms with van der Waals surface area (Å²) >= 11 is 7.11. The molecule has 0 bridgehead atoms. The second kappa shape index (κ2) is 12.3. The van der Waals surface area contributed by atoms with Gasteiger partial charge in [0.1, 0.15) is 11.8 Å². The van der Waals surface area contributed by atoms with Crippen LogP contribution in [0.4, 0.5) is 11.4 Å². The number of aliphatic hydroxyl groups excluding tert-OH is 1. The number of nitrogens with zero attached hydrogens (tertiary/aromatic N) is 4. The molecule has 0 saturated heterocycles. The van der Waals surface area contributed by atoms with Gasteiger partial charge < -0.3 is 25.0 Å². The summed E-state index contributed by atoms with van der Waals surface area (Å²) in [6.07, 6.45) is 0. The zero-order chi connectivity index (χ0) is 26.2. The number of non-ortho nitro benzene ring substituents is 1. The highest BCUT2D eigenvalue weighted by Crippen LogP contribution is 2.27. The average molecular weight is 535 g/mol. The van der Waals surface area contributed by atoms with E-state index in [4.69, 9.17) is 16.3 Å². The van der Waals surface area contributed by atoms with Crippen LogP contribution >= 0.6 is 23.4 Å². The predicted octanol–water partition coefficient (Wildman–Crippen LogP) is 3.06. The van der Waals surface area contributed by atoms with Crippen molar-refractivity contribution < 1.29 is 24.4 Å². The van der Waals surface area contributed by atoms with Crippen LogP contribution in [0, 0.1) is 10.1 Å². The fourth-order valence-corrected chi connectivity index (χ4v) is 4.15. The van der Waals surface area contributed by atoms with E-state index < -0.39 is 29.4 Å². The summed E-state index contributed by atoms with van der Waals surface area (Å²) in [5.41, 5.74) is 0.294. The Balaban J connectivity index is 1.67. The summed E-state index contributed by atoms with van der Waals surface area (Å²) in [6, 6.07) is 9.41. The Bertz CT molecular complexity index is 1250. The van der Waals surface area contributed by atoms with Crippen molar-refractivity contribution in [1.29, 1.82) is 0 Å². The Kier molecular flexibility index (Phi) is 9.22. The zero-order valence-electron chi connectivity index (χ0n) is 19.3. The molecule has 0 unspecified atom stereocenters. The number of carbonyl (C=O) groups excluding carboxylic acids is 2. The number of benzene rings is 2. The quantitative estimate of drug-likeness (QED) is 0.191. The first-order chi connectivity index (χ1) is 17.3. The first kappa shape index (κ1) is 26.9. The number of hydrogen-bond acceptors (Lipinski definition) is 9. The van der Waals surface area contributed by atoms with Crippen LogP contribution in [-0.2, 0) is 11.3 Å². The summed E-state index contributed by atoms with van der Waals surface area (Å²) in [5, 5.41) is 34.9. The van der Waals surface area contributed by atoms with E-state index in [1.54, 1.807) is 28.8 Å².